The van der Waals surface area contributed by atoms with Crippen LogP contribution < -0.4 is 5.32 Å². The number of carbonyl (C=O) groups excluding carboxylic acids is 1. The highest BCUT2D eigenvalue weighted by Crippen LogP contribution is 2.18. The van der Waals surface area contributed by atoms with Crippen molar-refractivity contribution >= 4 is 11.6 Å². The molecule has 2 aromatic rings. The normalized spacial score (nSPS) is 15.2. The molecule has 2 aromatic carbocycles. The summed E-state index contributed by atoms with van der Waals surface area (Å²) in [5.41, 5.74) is 2.21. The van der Waals surface area contributed by atoms with E-state index in [1.165, 1.54) is 17.1 Å². The second kappa shape index (κ2) is 7.53. The monoisotopic (exact) mass is 343 g/mol. The molecule has 6 heteroatoms. The van der Waals surface area contributed by atoms with Crippen LogP contribution >= 0.6 is 0 Å². The van der Waals surface area contributed by atoms with E-state index >= 15 is 0 Å². The fourth-order valence-corrected chi connectivity index (χ4v) is 2.76. The quantitative estimate of drug-likeness (QED) is 0.906. The van der Waals surface area contributed by atoms with Gasteiger partial charge in [-0.2, -0.15) is 5.10 Å². The highest BCUT2D eigenvalue weighted by Gasteiger charge is 2.22. The fraction of sp³-hybridized carbons (Fsp3) is 0.263. The summed E-state index contributed by atoms with van der Waals surface area (Å²) in [5.74, 6) is -1.43. The van der Waals surface area contributed by atoms with Gasteiger partial charge in [0.15, 0.2) is 0 Å². The topological polar surface area (TPSA) is 44.7 Å². The van der Waals surface area contributed by atoms with E-state index in [1.807, 2.05) is 30.3 Å². The van der Waals surface area contributed by atoms with E-state index in [1.54, 1.807) is 6.92 Å². The number of hydrogen-bond acceptors (Lipinski definition) is 3. The van der Waals surface area contributed by atoms with Gasteiger partial charge in [-0.1, -0.05) is 36.4 Å². The first-order valence-corrected chi connectivity index (χ1v) is 8.16. The lowest BCUT2D eigenvalue weighted by Gasteiger charge is -2.17. The van der Waals surface area contributed by atoms with Crippen LogP contribution in [0.5, 0.6) is 0 Å². The van der Waals surface area contributed by atoms with E-state index in [9.17, 15) is 13.6 Å². The van der Waals surface area contributed by atoms with Crippen LogP contribution in [0.15, 0.2) is 53.6 Å². The average Bonchev–Trinajstić information content (AvgIpc) is 3.10. The van der Waals surface area contributed by atoms with Gasteiger partial charge in [-0.15, -0.1) is 0 Å². The molecule has 0 saturated heterocycles. The van der Waals surface area contributed by atoms with Crippen LogP contribution in [0.4, 0.5) is 8.78 Å². The highest BCUT2D eigenvalue weighted by molar-refractivity contribution is 6.02. The summed E-state index contributed by atoms with van der Waals surface area (Å²) in [7, 11) is 0. The summed E-state index contributed by atoms with van der Waals surface area (Å²) >= 11 is 0. The molecule has 1 heterocycles. The SMILES string of the molecule is C[C@@H](NCC(=O)N1CCC(c2ccccc2)=N1)c1ccc(F)cc1F. The van der Waals surface area contributed by atoms with Gasteiger partial charge in [0.2, 0.25) is 0 Å². The van der Waals surface area contributed by atoms with Gasteiger partial charge < -0.3 is 5.32 Å². The molecule has 0 bridgehead atoms. The summed E-state index contributed by atoms with van der Waals surface area (Å²) in [5, 5.41) is 8.78. The van der Waals surface area contributed by atoms with Crippen molar-refractivity contribution in [3.05, 3.63) is 71.3 Å². The van der Waals surface area contributed by atoms with E-state index in [4.69, 9.17) is 0 Å². The van der Waals surface area contributed by atoms with Crippen LogP contribution in [0.2, 0.25) is 0 Å². The zero-order valence-corrected chi connectivity index (χ0v) is 13.9. The smallest absolute Gasteiger partial charge is 0.256 e. The molecule has 0 unspecified atom stereocenters. The second-order valence-corrected chi connectivity index (χ2v) is 5.95. The number of hydrogen-bond donors (Lipinski definition) is 1. The number of nitrogens with zero attached hydrogens (tertiary/aromatic N) is 2. The molecule has 0 aromatic heterocycles. The van der Waals surface area contributed by atoms with Crippen molar-refractivity contribution in [1.29, 1.82) is 0 Å². The lowest BCUT2D eigenvalue weighted by atomic mass is 10.1. The molecule has 0 saturated carbocycles. The largest absolute Gasteiger partial charge is 0.302 e. The number of amides is 1. The molecule has 1 amide bonds. The number of carbonyl (C=O) groups is 1. The van der Waals surface area contributed by atoms with Crippen molar-refractivity contribution in [2.24, 2.45) is 5.10 Å². The van der Waals surface area contributed by atoms with Gasteiger partial charge in [0.1, 0.15) is 11.6 Å². The molecule has 0 spiro atoms. The third-order valence-electron chi connectivity index (χ3n) is 4.19. The number of benzene rings is 2. The van der Waals surface area contributed by atoms with Crippen molar-refractivity contribution in [3.8, 4) is 0 Å². The molecule has 0 fully saturated rings. The number of rotatable bonds is 5. The molecule has 1 aliphatic rings. The minimum Gasteiger partial charge on any atom is -0.302 e. The van der Waals surface area contributed by atoms with Gasteiger partial charge in [0.05, 0.1) is 18.8 Å². The maximum atomic E-state index is 13.8. The minimum atomic E-state index is -0.627. The van der Waals surface area contributed by atoms with Gasteiger partial charge in [0, 0.05) is 24.1 Å². The van der Waals surface area contributed by atoms with Crippen molar-refractivity contribution in [1.82, 2.24) is 10.3 Å². The zero-order chi connectivity index (χ0) is 17.8. The Balaban J connectivity index is 1.59. The number of hydrazone groups is 1. The molecule has 4 nitrogen and oxygen atoms in total. The first-order chi connectivity index (χ1) is 12.0. The van der Waals surface area contributed by atoms with E-state index < -0.39 is 17.7 Å². The number of halogens is 2. The van der Waals surface area contributed by atoms with Gasteiger partial charge in [-0.25, -0.2) is 13.8 Å². The Kier molecular flexibility index (Phi) is 5.19. The molecule has 1 aliphatic heterocycles. The standard InChI is InChI=1S/C19H19F2N3O/c1-13(16-8-7-15(20)11-17(16)21)22-12-19(25)24-10-9-18(23-24)14-5-3-2-4-6-14/h2-8,11,13,22H,9-10,12H2,1H3/t13-/m1/s1. The van der Waals surface area contributed by atoms with Crippen molar-refractivity contribution < 1.29 is 13.6 Å². The summed E-state index contributed by atoms with van der Waals surface area (Å²) in [6, 6.07) is 12.7. The van der Waals surface area contributed by atoms with Gasteiger partial charge >= 0.3 is 0 Å². The molecule has 130 valence electrons. The molecule has 3 rings (SSSR count). The minimum absolute atomic E-state index is 0.0313. The Bertz CT molecular complexity index is 793. The van der Waals surface area contributed by atoms with E-state index in [0.29, 0.717) is 18.5 Å². The molecule has 0 aliphatic carbocycles. The Hall–Kier alpha value is -2.60. The lowest BCUT2D eigenvalue weighted by Crippen LogP contribution is -2.35. The third-order valence-corrected chi connectivity index (χ3v) is 4.19. The van der Waals surface area contributed by atoms with Gasteiger partial charge in [-0.05, 0) is 18.6 Å². The number of nitrogens with one attached hydrogen (secondary N) is 1. The Morgan fingerprint density at radius 3 is 2.72 bits per heavy atom. The third kappa shape index (κ3) is 4.09. The van der Waals surface area contributed by atoms with Crippen molar-refractivity contribution in [2.75, 3.05) is 13.1 Å². The molecule has 1 atom stereocenters. The van der Waals surface area contributed by atoms with Crippen LogP contribution in [0.3, 0.4) is 0 Å². The fourth-order valence-electron chi connectivity index (χ4n) is 2.76. The second-order valence-electron chi connectivity index (χ2n) is 5.95. The van der Waals surface area contributed by atoms with Gasteiger partial charge in [0.25, 0.3) is 5.91 Å². The van der Waals surface area contributed by atoms with Crippen molar-refractivity contribution in [3.63, 3.8) is 0 Å². The molecule has 1 N–H and O–H groups in total. The van der Waals surface area contributed by atoms with Gasteiger partial charge in [-0.3, -0.25) is 4.79 Å². The van der Waals surface area contributed by atoms with Crippen molar-refractivity contribution in [2.45, 2.75) is 19.4 Å². The Morgan fingerprint density at radius 1 is 1.24 bits per heavy atom. The lowest BCUT2D eigenvalue weighted by molar-refractivity contribution is -0.129. The Labute approximate surface area is 145 Å². The zero-order valence-electron chi connectivity index (χ0n) is 13.9. The summed E-state index contributed by atoms with van der Waals surface area (Å²) < 4.78 is 26.7. The maximum absolute atomic E-state index is 13.8. The summed E-state index contributed by atoms with van der Waals surface area (Å²) in [6.07, 6.45) is 0.706. The van der Waals surface area contributed by atoms with E-state index in [0.717, 1.165) is 17.3 Å². The van der Waals surface area contributed by atoms with E-state index in [2.05, 4.69) is 10.4 Å². The van der Waals surface area contributed by atoms with Crippen LogP contribution in [-0.4, -0.2) is 29.7 Å². The van der Waals surface area contributed by atoms with E-state index in [-0.39, 0.29) is 12.5 Å². The molecular weight excluding hydrogens is 324 g/mol. The van der Waals surface area contributed by atoms with Crippen LogP contribution in [0.25, 0.3) is 0 Å². The summed E-state index contributed by atoms with van der Waals surface area (Å²) in [6.45, 7) is 2.29. The first-order valence-electron chi connectivity index (χ1n) is 8.16. The molecule has 0 radical (unpaired) electrons. The maximum Gasteiger partial charge on any atom is 0.256 e. The van der Waals surface area contributed by atoms with Crippen LogP contribution in [0.1, 0.15) is 30.5 Å². The average molecular weight is 343 g/mol. The summed E-state index contributed by atoms with van der Waals surface area (Å²) in [4.78, 5) is 12.3. The molecule has 25 heavy (non-hydrogen) atoms. The predicted octanol–water partition coefficient (Wildman–Crippen LogP) is 3.25. The first kappa shape index (κ1) is 17.2. The van der Waals surface area contributed by atoms with Crippen LogP contribution in [-0.2, 0) is 4.79 Å². The highest BCUT2D eigenvalue weighted by atomic mass is 19.1. The Morgan fingerprint density at radius 2 is 2.00 bits per heavy atom. The molecular formula is C19H19F2N3O. The predicted molar refractivity (Wildman–Crippen MR) is 92.1 cm³/mol. The van der Waals surface area contributed by atoms with Crippen LogP contribution in [0, 0.1) is 11.6 Å².